The zero-order chi connectivity index (χ0) is 24.2. The van der Waals surface area contributed by atoms with Crippen LogP contribution in [-0.4, -0.2) is 11.9 Å². The van der Waals surface area contributed by atoms with E-state index in [1.165, 1.54) is 0 Å². The average Bonchev–Trinajstić information content (AvgIpc) is 2.73. The molecule has 0 aliphatic carbocycles. The lowest BCUT2D eigenvalue weighted by atomic mass is 10.0. The Labute approximate surface area is 198 Å². The van der Waals surface area contributed by atoms with Crippen molar-refractivity contribution < 1.29 is 23.2 Å². The highest BCUT2D eigenvalue weighted by molar-refractivity contribution is 7.58. The third-order valence-corrected chi connectivity index (χ3v) is 7.01. The fourth-order valence-corrected chi connectivity index (χ4v) is 5.18. The first-order valence-electron chi connectivity index (χ1n) is 10.2. The van der Waals surface area contributed by atoms with Gasteiger partial charge in [-0.1, -0.05) is 78.3 Å². The summed E-state index contributed by atoms with van der Waals surface area (Å²) >= 11 is 6.38. The molecule has 0 N–H and O–H groups in total. The number of halogens is 1. The van der Waals surface area contributed by atoms with Crippen molar-refractivity contribution in [1.29, 1.82) is 0 Å². The number of hydrogen-bond donors (Lipinski definition) is 0. The Morgan fingerprint density at radius 2 is 1.09 bits per heavy atom. The lowest BCUT2D eigenvalue weighted by molar-refractivity contribution is 0.0637. The van der Waals surface area contributed by atoms with Gasteiger partial charge in [-0.2, -0.15) is 0 Å². The van der Waals surface area contributed by atoms with Crippen molar-refractivity contribution in [3.05, 3.63) is 111 Å². The van der Waals surface area contributed by atoms with E-state index in [1.54, 1.807) is 94.4 Å². The SMILES string of the molecule is Cc1cccc(C)c1C(=O)OP(=O)(C=C(Cl)c1ccccc1)OC(=O)c1c(C)cccc1C. The Morgan fingerprint density at radius 1 is 0.697 bits per heavy atom. The monoisotopic (exact) mass is 482 g/mol. The van der Waals surface area contributed by atoms with Gasteiger partial charge in [-0.3, -0.25) is 0 Å². The molecule has 0 heterocycles. The molecule has 3 rings (SSSR count). The van der Waals surface area contributed by atoms with Crippen LogP contribution < -0.4 is 0 Å². The van der Waals surface area contributed by atoms with E-state index in [4.69, 9.17) is 20.6 Å². The maximum absolute atomic E-state index is 13.8. The summed E-state index contributed by atoms with van der Waals surface area (Å²) in [6.07, 6.45) is 0. The summed E-state index contributed by atoms with van der Waals surface area (Å²) in [6, 6.07) is 19.3. The van der Waals surface area contributed by atoms with Crippen LogP contribution in [-0.2, 0) is 13.6 Å². The zero-order valence-electron chi connectivity index (χ0n) is 18.8. The van der Waals surface area contributed by atoms with Crippen LogP contribution in [0.25, 0.3) is 5.03 Å². The predicted molar refractivity (Wildman–Crippen MR) is 131 cm³/mol. The lowest BCUT2D eigenvalue weighted by Gasteiger charge is -2.18. The van der Waals surface area contributed by atoms with Gasteiger partial charge in [-0.25, -0.2) is 14.2 Å². The topological polar surface area (TPSA) is 69.7 Å². The Kier molecular flexibility index (Phi) is 7.57. The quantitative estimate of drug-likeness (QED) is 0.343. The maximum Gasteiger partial charge on any atom is 0.461 e. The van der Waals surface area contributed by atoms with Gasteiger partial charge in [0.25, 0.3) is 0 Å². The summed E-state index contributed by atoms with van der Waals surface area (Å²) in [6.45, 7) is 6.96. The molecule has 0 bridgehead atoms. The molecule has 0 unspecified atom stereocenters. The van der Waals surface area contributed by atoms with Crippen molar-refractivity contribution >= 4 is 36.2 Å². The van der Waals surface area contributed by atoms with Crippen LogP contribution in [0.1, 0.15) is 48.5 Å². The highest BCUT2D eigenvalue weighted by atomic mass is 35.5. The van der Waals surface area contributed by atoms with Crippen LogP contribution in [0.15, 0.2) is 72.5 Å². The lowest BCUT2D eigenvalue weighted by Crippen LogP contribution is -2.12. The fourth-order valence-electron chi connectivity index (χ4n) is 3.48. The molecular weight excluding hydrogens is 459 g/mol. The van der Waals surface area contributed by atoms with Crippen LogP contribution in [0.2, 0.25) is 0 Å². The molecule has 0 spiro atoms. The van der Waals surface area contributed by atoms with Gasteiger partial charge in [-0.05, 0) is 55.5 Å². The first-order valence-corrected chi connectivity index (χ1v) is 12.2. The van der Waals surface area contributed by atoms with E-state index >= 15 is 0 Å². The number of carbonyl (C=O) groups excluding carboxylic acids is 2. The molecule has 3 aromatic rings. The first-order chi connectivity index (χ1) is 15.6. The minimum Gasteiger partial charge on any atom is -0.376 e. The van der Waals surface area contributed by atoms with Gasteiger partial charge in [-0.15, -0.1) is 0 Å². The predicted octanol–water partition coefficient (Wildman–Crippen LogP) is 7.36. The Bertz CT molecular complexity index is 1170. The largest absolute Gasteiger partial charge is 0.461 e. The van der Waals surface area contributed by atoms with Crippen LogP contribution in [0, 0.1) is 27.7 Å². The number of hydrogen-bond acceptors (Lipinski definition) is 5. The summed E-state index contributed by atoms with van der Waals surface area (Å²) in [7, 11) is -4.46. The van der Waals surface area contributed by atoms with Crippen molar-refractivity contribution in [3.8, 4) is 0 Å². The second-order valence-electron chi connectivity index (χ2n) is 7.67. The molecule has 3 aromatic carbocycles. The second kappa shape index (κ2) is 10.2. The van der Waals surface area contributed by atoms with E-state index in [9.17, 15) is 14.2 Å². The van der Waals surface area contributed by atoms with Gasteiger partial charge in [0.15, 0.2) is 0 Å². The number of carbonyl (C=O) groups is 2. The van der Waals surface area contributed by atoms with Crippen LogP contribution in [0.4, 0.5) is 0 Å². The third-order valence-electron chi connectivity index (χ3n) is 5.11. The minimum absolute atomic E-state index is 0.0301. The van der Waals surface area contributed by atoms with E-state index in [2.05, 4.69) is 0 Å². The normalized spacial score (nSPS) is 11.7. The molecule has 0 fully saturated rings. The Hall–Kier alpha value is -3.14. The molecule has 0 radical (unpaired) electrons. The summed E-state index contributed by atoms with van der Waals surface area (Å²) in [4.78, 5) is 26.0. The smallest absolute Gasteiger partial charge is 0.376 e. The second-order valence-corrected chi connectivity index (χ2v) is 9.78. The molecule has 170 valence electrons. The third kappa shape index (κ3) is 5.81. The van der Waals surface area contributed by atoms with Gasteiger partial charge in [0.05, 0.1) is 22.0 Å². The van der Waals surface area contributed by atoms with Gasteiger partial charge in [0.2, 0.25) is 0 Å². The van der Waals surface area contributed by atoms with Gasteiger partial charge in [0.1, 0.15) is 0 Å². The number of aryl methyl sites for hydroxylation is 4. The van der Waals surface area contributed by atoms with Crippen molar-refractivity contribution in [2.45, 2.75) is 27.7 Å². The molecule has 33 heavy (non-hydrogen) atoms. The van der Waals surface area contributed by atoms with Crippen molar-refractivity contribution in [2.75, 3.05) is 0 Å². The average molecular weight is 483 g/mol. The zero-order valence-corrected chi connectivity index (χ0v) is 20.4. The van der Waals surface area contributed by atoms with E-state index in [0.717, 1.165) is 5.82 Å². The minimum atomic E-state index is -4.46. The molecule has 0 aliphatic rings. The summed E-state index contributed by atoms with van der Waals surface area (Å²) in [5.41, 5.74) is 3.62. The Morgan fingerprint density at radius 3 is 1.48 bits per heavy atom. The first kappa shape index (κ1) is 24.5. The van der Waals surface area contributed by atoms with Gasteiger partial charge < -0.3 is 9.05 Å². The molecule has 5 nitrogen and oxygen atoms in total. The molecule has 0 atom stereocenters. The van der Waals surface area contributed by atoms with Gasteiger partial charge in [0, 0.05) is 0 Å². The molecule has 0 saturated carbocycles. The Balaban J connectivity index is 2.03. The highest BCUT2D eigenvalue weighted by Crippen LogP contribution is 2.54. The van der Waals surface area contributed by atoms with Crippen molar-refractivity contribution in [3.63, 3.8) is 0 Å². The fraction of sp³-hybridized carbons (Fsp3) is 0.154. The van der Waals surface area contributed by atoms with Crippen molar-refractivity contribution in [1.82, 2.24) is 0 Å². The summed E-state index contributed by atoms with van der Waals surface area (Å²) in [5.74, 6) is -0.727. The van der Waals surface area contributed by atoms with Crippen molar-refractivity contribution in [2.24, 2.45) is 0 Å². The highest BCUT2D eigenvalue weighted by Gasteiger charge is 2.34. The van der Waals surface area contributed by atoms with Gasteiger partial charge >= 0.3 is 19.5 Å². The summed E-state index contributed by atoms with van der Waals surface area (Å²) < 4.78 is 24.5. The molecule has 0 aromatic heterocycles. The van der Waals surface area contributed by atoms with Crippen LogP contribution in [0.5, 0.6) is 0 Å². The van der Waals surface area contributed by atoms with Crippen LogP contribution >= 0.6 is 19.2 Å². The maximum atomic E-state index is 13.8. The standard InChI is InChI=1S/C26H24ClO5P/c1-17-10-8-11-18(2)23(17)25(28)31-33(30,16-22(27)21-14-6-5-7-15-21)32-26(29)24-19(3)12-9-13-20(24)4/h5-16H,1-4H3. The summed E-state index contributed by atoms with van der Waals surface area (Å²) in [5, 5.41) is 0.0301. The van der Waals surface area contributed by atoms with Crippen LogP contribution in [0.3, 0.4) is 0 Å². The molecular formula is C26H24ClO5P. The van der Waals surface area contributed by atoms with E-state index < -0.39 is 19.5 Å². The molecule has 7 heteroatoms. The number of benzene rings is 3. The van der Waals surface area contributed by atoms with E-state index in [1.807, 2.05) is 0 Å². The number of rotatable bonds is 6. The van der Waals surface area contributed by atoms with E-state index in [-0.39, 0.29) is 16.2 Å². The van der Waals surface area contributed by atoms with E-state index in [0.29, 0.717) is 27.8 Å². The molecule has 0 amide bonds. The molecule has 0 saturated heterocycles. The molecule has 0 aliphatic heterocycles.